The summed E-state index contributed by atoms with van der Waals surface area (Å²) in [5.41, 5.74) is 12.4. The topological polar surface area (TPSA) is 17.1 Å². The first-order valence-electron chi connectivity index (χ1n) is 23.5. The molecule has 0 saturated carbocycles. The summed E-state index contributed by atoms with van der Waals surface area (Å²) in [7, 11) is 3.33. The van der Waals surface area contributed by atoms with E-state index >= 15 is 0 Å². The average molecular weight is 1080 g/mol. The third-order valence-corrected chi connectivity index (χ3v) is 21.5. The number of rotatable bonds is 9. The van der Waals surface area contributed by atoms with Gasteiger partial charge < -0.3 is 1.43 Å². The Bertz CT molecular complexity index is 2530. The quantitative estimate of drug-likeness (QED) is 0.104. The van der Waals surface area contributed by atoms with E-state index in [-0.39, 0.29) is 1.43 Å². The SMILES string of the molecule is Cc1ccccc1P(c1ccccc1C)c1ccccc1C.Cc1ccccc1P(c1ccccc1C)c1ccccc1C.Cc1ccccc1P(c1ccccc1C)c1ccccc1C.O=[C]=[Ru+][Cl].[H-]. The first-order valence-corrected chi connectivity index (χ1v) is 30.6. The zero-order valence-electron chi connectivity index (χ0n) is 42.8. The molecule has 0 spiro atoms. The van der Waals surface area contributed by atoms with Gasteiger partial charge in [0.15, 0.2) is 0 Å². The first-order chi connectivity index (χ1) is 34.0. The Morgan fingerprint density at radius 3 is 0.457 bits per heavy atom. The second-order valence-corrected chi connectivity index (χ2v) is 25.0. The third-order valence-electron chi connectivity index (χ3n) is 12.2. The number of aryl methyl sites for hydroxylation is 9. The molecule has 1 nitrogen and oxygen atoms in total. The Hall–Kier alpha value is -5.24. The normalized spacial score (nSPS) is 10.6. The van der Waals surface area contributed by atoms with E-state index in [0.717, 1.165) is 0 Å². The van der Waals surface area contributed by atoms with E-state index in [1.165, 1.54) is 102 Å². The van der Waals surface area contributed by atoms with Crippen molar-refractivity contribution < 1.29 is 21.9 Å². The molecule has 0 aliphatic heterocycles. The minimum atomic E-state index is -0.594. The van der Waals surface area contributed by atoms with Crippen LogP contribution >= 0.6 is 33.5 Å². The van der Waals surface area contributed by atoms with Crippen molar-refractivity contribution in [2.45, 2.75) is 62.3 Å². The van der Waals surface area contributed by atoms with E-state index < -0.39 is 39.4 Å². The second-order valence-electron chi connectivity index (χ2n) is 17.2. The maximum atomic E-state index is 8.96. The van der Waals surface area contributed by atoms with E-state index in [0.29, 0.717) is 0 Å². The van der Waals surface area contributed by atoms with E-state index in [9.17, 15) is 0 Å². The standard InChI is InChI=1S/3C21H21P.CO.ClH.Ru.H/c3*1-16-10-4-7-13-19(16)22(20-14-8-5-11-17(20)2)21-15-9-6-12-18(21)3;1-2;;;/h3*4-15H,1-3H3;;1H;;/q;;;;;+2;-1/p-1. The minimum absolute atomic E-state index is 0. The molecule has 9 rings (SSSR count). The van der Waals surface area contributed by atoms with Crippen molar-refractivity contribution in [1.82, 2.24) is 0 Å². The molecule has 70 heavy (non-hydrogen) atoms. The zero-order chi connectivity index (χ0) is 50.0. The number of halogens is 1. The van der Waals surface area contributed by atoms with E-state index in [1.807, 2.05) is 0 Å². The van der Waals surface area contributed by atoms with Gasteiger partial charge in [-0.3, -0.25) is 0 Å². The van der Waals surface area contributed by atoms with Crippen molar-refractivity contribution in [3.05, 3.63) is 268 Å². The molecule has 0 N–H and O–H groups in total. The van der Waals surface area contributed by atoms with Crippen LogP contribution in [-0.2, 0) is 20.5 Å². The summed E-state index contributed by atoms with van der Waals surface area (Å²) < 4.78 is 1.54. The molecule has 356 valence electrons. The van der Waals surface area contributed by atoms with Crippen LogP contribution in [0.15, 0.2) is 218 Å². The van der Waals surface area contributed by atoms with Gasteiger partial charge in [0.2, 0.25) is 0 Å². The van der Waals surface area contributed by atoms with E-state index in [2.05, 4.69) is 281 Å². The van der Waals surface area contributed by atoms with Gasteiger partial charge in [0, 0.05) is 0 Å². The molecular weight excluding hydrogens is 1010 g/mol. The van der Waals surface area contributed by atoms with E-state index in [1.54, 1.807) is 0 Å². The molecule has 6 heteroatoms. The van der Waals surface area contributed by atoms with Gasteiger partial charge in [0.05, 0.1) is 0 Å². The van der Waals surface area contributed by atoms with Gasteiger partial charge >= 0.3 is 34.6 Å². The van der Waals surface area contributed by atoms with Crippen LogP contribution in [0.5, 0.6) is 0 Å². The number of hydrogen-bond donors (Lipinski definition) is 0. The molecule has 0 amide bonds. The van der Waals surface area contributed by atoms with Crippen molar-refractivity contribution in [3.63, 3.8) is 0 Å². The fourth-order valence-electron chi connectivity index (χ4n) is 8.50. The average Bonchev–Trinajstić information content (AvgIpc) is 3.37. The van der Waals surface area contributed by atoms with Crippen molar-refractivity contribution >= 4 is 85.7 Å². The first kappa shape index (κ1) is 54.1. The predicted molar refractivity (Wildman–Crippen MR) is 311 cm³/mol. The van der Waals surface area contributed by atoms with Crippen LogP contribution in [0.4, 0.5) is 0 Å². The number of carbonyl (C=O) groups excluding carboxylic acids is 1. The van der Waals surface area contributed by atoms with Crippen LogP contribution in [0.2, 0.25) is 0 Å². The molecule has 9 aromatic rings. The maximum absolute atomic E-state index is 8.96. The third kappa shape index (κ3) is 14.0. The van der Waals surface area contributed by atoms with Crippen molar-refractivity contribution in [2.75, 3.05) is 0 Å². The monoisotopic (exact) mass is 1080 g/mol. The molecule has 0 bridgehead atoms. The predicted octanol–water partition coefficient (Wildman–Crippen LogP) is 13.5. The molecule has 0 saturated heterocycles. The summed E-state index contributed by atoms with van der Waals surface area (Å²) in [6.07, 6.45) is 0. The largest absolute Gasteiger partial charge is 1.00 e. The Kier molecular flexibility index (Phi) is 21.2. The van der Waals surface area contributed by atoms with Crippen LogP contribution in [0.25, 0.3) is 0 Å². The Balaban J connectivity index is 0.000000189. The molecule has 0 aliphatic rings. The number of benzene rings is 9. The molecule has 0 unspecified atom stereocenters. The molecule has 0 radical (unpaired) electrons. The molecule has 0 aliphatic carbocycles. The fraction of sp³-hybridized carbons (Fsp3) is 0.141. The van der Waals surface area contributed by atoms with Crippen LogP contribution < -0.4 is 47.7 Å². The summed E-state index contributed by atoms with van der Waals surface area (Å²) >= 11 is -0.594. The summed E-state index contributed by atoms with van der Waals surface area (Å²) in [5, 5.41) is 13.1. The van der Waals surface area contributed by atoms with Crippen LogP contribution in [0.3, 0.4) is 0 Å². The van der Waals surface area contributed by atoms with Crippen molar-refractivity contribution in [1.29, 1.82) is 0 Å². The van der Waals surface area contributed by atoms with Crippen LogP contribution in [0, 0.1) is 62.3 Å². The molecular formula is C64H64ClOP3Ru. The van der Waals surface area contributed by atoms with Gasteiger partial charge in [-0.15, -0.1) is 0 Å². The van der Waals surface area contributed by atoms with Gasteiger partial charge in [-0.2, -0.15) is 0 Å². The number of hydrogen-bond acceptors (Lipinski definition) is 1. The molecule has 0 heterocycles. The summed E-state index contributed by atoms with van der Waals surface area (Å²) in [5.74, 6) is 0. The molecule has 9 aromatic carbocycles. The Morgan fingerprint density at radius 2 is 0.371 bits per heavy atom. The minimum Gasteiger partial charge on any atom is -1.00 e. The molecule has 0 atom stereocenters. The summed E-state index contributed by atoms with van der Waals surface area (Å²) in [4.78, 5) is 8.96. The van der Waals surface area contributed by atoms with Gasteiger partial charge in [-0.05, 0) is 184 Å². The fourth-order valence-corrected chi connectivity index (χ4v) is 16.8. The van der Waals surface area contributed by atoms with Gasteiger partial charge in [0.1, 0.15) is 0 Å². The second kappa shape index (κ2) is 27.4. The van der Waals surface area contributed by atoms with E-state index in [4.69, 9.17) is 14.5 Å². The van der Waals surface area contributed by atoms with Gasteiger partial charge in [-0.25, -0.2) is 0 Å². The van der Waals surface area contributed by atoms with Gasteiger partial charge in [-0.1, -0.05) is 218 Å². The van der Waals surface area contributed by atoms with Crippen LogP contribution in [-0.4, -0.2) is 4.47 Å². The smallest absolute Gasteiger partial charge is 1.00 e. The Labute approximate surface area is 435 Å². The molecule has 0 aromatic heterocycles. The summed E-state index contributed by atoms with van der Waals surface area (Å²) in [6.45, 7) is 20.0. The van der Waals surface area contributed by atoms with Crippen molar-refractivity contribution in [3.8, 4) is 0 Å². The summed E-state index contributed by atoms with van der Waals surface area (Å²) in [6, 6.07) is 79.2. The molecule has 0 fully saturated rings. The van der Waals surface area contributed by atoms with Crippen molar-refractivity contribution in [2.24, 2.45) is 0 Å². The Morgan fingerprint density at radius 1 is 0.271 bits per heavy atom. The zero-order valence-corrected chi connectivity index (χ0v) is 46.9. The van der Waals surface area contributed by atoms with Gasteiger partial charge in [0.25, 0.3) is 0 Å². The maximum Gasteiger partial charge on any atom is -1.00 e. The van der Waals surface area contributed by atoms with Crippen LogP contribution in [0.1, 0.15) is 51.5 Å².